The van der Waals surface area contributed by atoms with E-state index in [0.717, 1.165) is 27.9 Å². The highest BCUT2D eigenvalue weighted by molar-refractivity contribution is 7.03. The van der Waals surface area contributed by atoms with Crippen LogP contribution in [0.1, 0.15) is 0 Å². The van der Waals surface area contributed by atoms with Crippen molar-refractivity contribution in [1.29, 1.82) is 0 Å². The van der Waals surface area contributed by atoms with E-state index in [1.54, 1.807) is 0 Å². The number of hydrogen-bond donors (Lipinski definition) is 0. The van der Waals surface area contributed by atoms with E-state index in [0.29, 0.717) is 0 Å². The number of nitrogens with zero attached hydrogens (tertiary/aromatic N) is 3. The first-order chi connectivity index (χ1) is 27.3. The molecule has 9 aromatic carbocycles. The molecule has 0 saturated heterocycles. The highest BCUT2D eigenvalue weighted by Gasteiger charge is 2.51. The maximum Gasteiger partial charge on any atom is 0.257 e. The van der Waals surface area contributed by atoms with Gasteiger partial charge in [0.25, 0.3) is 6.71 Å². The Labute approximate surface area is 316 Å². The highest BCUT2D eigenvalue weighted by atomic mass is 16.3. The molecule has 4 aliphatic heterocycles. The molecular weight excluding hydrogens is 669 g/mol. The van der Waals surface area contributed by atoms with Gasteiger partial charge in [-0.2, -0.15) is 0 Å². The number of rotatable bonds is 2. The summed E-state index contributed by atoms with van der Waals surface area (Å²) in [6.45, 7) is 0.0578. The summed E-state index contributed by atoms with van der Waals surface area (Å²) in [6, 6.07) is 62.5. The maximum atomic E-state index is 6.71. The lowest BCUT2D eigenvalue weighted by Crippen LogP contribution is -2.65. The Balaban J connectivity index is 1.18. The zero-order chi connectivity index (χ0) is 35.5. The van der Waals surface area contributed by atoms with Gasteiger partial charge in [0.2, 0.25) is 0 Å². The molecule has 0 N–H and O–H groups in total. The minimum Gasteiger partial charge on any atom is -0.456 e. The van der Waals surface area contributed by atoms with E-state index in [1.165, 1.54) is 94.3 Å². The molecular formula is C50H28BN3O. The Morgan fingerprint density at radius 1 is 0.382 bits per heavy atom. The largest absolute Gasteiger partial charge is 0.456 e. The number of anilines is 9. The summed E-state index contributed by atoms with van der Waals surface area (Å²) in [6.07, 6.45) is 0. The molecule has 14 rings (SSSR count). The van der Waals surface area contributed by atoms with Crippen molar-refractivity contribution in [3.63, 3.8) is 0 Å². The van der Waals surface area contributed by atoms with E-state index in [9.17, 15) is 0 Å². The second kappa shape index (κ2) is 9.84. The lowest BCUT2D eigenvalue weighted by Gasteiger charge is -2.50. The van der Waals surface area contributed by atoms with Gasteiger partial charge in [-0.05, 0) is 117 Å². The van der Waals surface area contributed by atoms with Crippen molar-refractivity contribution < 1.29 is 4.42 Å². The van der Waals surface area contributed by atoms with Crippen LogP contribution in [-0.2, 0) is 0 Å². The van der Waals surface area contributed by atoms with Gasteiger partial charge in [-0.25, -0.2) is 0 Å². The smallest absolute Gasteiger partial charge is 0.257 e. The lowest BCUT2D eigenvalue weighted by atomic mass is 9.31. The van der Waals surface area contributed by atoms with Crippen molar-refractivity contribution >= 4 is 118 Å². The third-order valence-electron chi connectivity index (χ3n) is 12.6. The van der Waals surface area contributed by atoms with E-state index in [-0.39, 0.29) is 6.71 Å². The molecule has 5 heteroatoms. The number of hydrogen-bond acceptors (Lipinski definition) is 4. The fourth-order valence-electron chi connectivity index (χ4n) is 10.6. The molecule has 4 aliphatic rings. The van der Waals surface area contributed by atoms with Crippen LogP contribution >= 0.6 is 0 Å². The predicted molar refractivity (Wildman–Crippen MR) is 230 cm³/mol. The third-order valence-corrected chi connectivity index (χ3v) is 12.6. The summed E-state index contributed by atoms with van der Waals surface area (Å²) < 4.78 is 6.71. The second-order valence-electron chi connectivity index (χ2n) is 15.2. The number of fused-ring (bicyclic) bond motifs is 9. The van der Waals surface area contributed by atoms with E-state index >= 15 is 0 Å². The Morgan fingerprint density at radius 3 is 1.65 bits per heavy atom. The van der Waals surface area contributed by atoms with Gasteiger partial charge in [0.15, 0.2) is 0 Å². The molecule has 5 heterocycles. The molecule has 0 spiro atoms. The molecule has 4 nitrogen and oxygen atoms in total. The molecule has 0 unspecified atom stereocenters. The summed E-state index contributed by atoms with van der Waals surface area (Å²) in [5.41, 5.74) is 19.3. The zero-order valence-electron chi connectivity index (χ0n) is 29.5. The van der Waals surface area contributed by atoms with Crippen LogP contribution in [0.15, 0.2) is 174 Å². The molecule has 0 fully saturated rings. The van der Waals surface area contributed by atoms with E-state index < -0.39 is 0 Å². The first-order valence-corrected chi connectivity index (χ1v) is 19.1. The van der Waals surface area contributed by atoms with Gasteiger partial charge in [0.05, 0.1) is 11.4 Å². The van der Waals surface area contributed by atoms with Gasteiger partial charge < -0.3 is 19.1 Å². The fourth-order valence-corrected chi connectivity index (χ4v) is 10.6. The van der Waals surface area contributed by atoms with Crippen molar-refractivity contribution in [3.05, 3.63) is 170 Å². The van der Waals surface area contributed by atoms with E-state index in [4.69, 9.17) is 4.42 Å². The topological polar surface area (TPSA) is 22.9 Å². The summed E-state index contributed by atoms with van der Waals surface area (Å²) in [5, 5.41) is 7.26. The van der Waals surface area contributed by atoms with E-state index in [2.05, 4.69) is 185 Å². The normalized spacial score (nSPS) is 14.0. The number of benzene rings is 9. The quantitative estimate of drug-likeness (QED) is 0.168. The first kappa shape index (κ1) is 28.3. The van der Waals surface area contributed by atoms with Gasteiger partial charge in [-0.1, -0.05) is 91.0 Å². The van der Waals surface area contributed by atoms with Crippen molar-refractivity contribution in [3.8, 4) is 11.1 Å². The Bertz CT molecular complexity index is 3350. The molecule has 1 aromatic heterocycles. The minimum atomic E-state index is 0.0578. The molecule has 0 aliphatic carbocycles. The van der Waals surface area contributed by atoms with Crippen molar-refractivity contribution in [2.45, 2.75) is 0 Å². The summed E-state index contributed by atoms with van der Waals surface area (Å²) in [7, 11) is 0. The Hall–Kier alpha value is -7.24. The van der Waals surface area contributed by atoms with Crippen LogP contribution in [0, 0.1) is 0 Å². The highest BCUT2D eigenvalue weighted by Crippen LogP contribution is 2.58. The monoisotopic (exact) mass is 697 g/mol. The van der Waals surface area contributed by atoms with Crippen molar-refractivity contribution in [2.24, 2.45) is 0 Å². The second-order valence-corrected chi connectivity index (χ2v) is 15.2. The lowest BCUT2D eigenvalue weighted by molar-refractivity contribution is 0.669. The molecule has 252 valence electrons. The van der Waals surface area contributed by atoms with E-state index in [1.807, 2.05) is 0 Å². The summed E-state index contributed by atoms with van der Waals surface area (Å²) in [5.74, 6) is 0. The van der Waals surface area contributed by atoms with Crippen LogP contribution in [-0.4, -0.2) is 6.71 Å². The van der Waals surface area contributed by atoms with Gasteiger partial charge in [0.1, 0.15) is 11.2 Å². The third kappa shape index (κ3) is 3.37. The number of para-hydroxylation sites is 2. The average Bonchev–Trinajstić information content (AvgIpc) is 3.60. The molecule has 10 aromatic rings. The Morgan fingerprint density at radius 2 is 0.964 bits per heavy atom. The standard InChI is InChI=1S/C50H28BN3O/c1-3-15-32(16-4-1)52-37-20-10-22-39-47(37)51-48-38(52)21-11-23-40(48)54-36-24-25-42-46(35-26-29-12-7-8-13-30(29)28-43(35)55-42)45(36)34-19-9-14-31-27-41(49(51)50(54)44(31)34)53(39)33-17-5-2-6-18-33/h1-28H. The van der Waals surface area contributed by atoms with Crippen LogP contribution in [0.25, 0.3) is 54.6 Å². The van der Waals surface area contributed by atoms with Crippen LogP contribution in [0.3, 0.4) is 0 Å². The van der Waals surface area contributed by atoms with Crippen LogP contribution < -0.4 is 31.1 Å². The van der Waals surface area contributed by atoms with Gasteiger partial charge in [-0.3, -0.25) is 0 Å². The molecule has 0 radical (unpaired) electrons. The molecule has 55 heavy (non-hydrogen) atoms. The van der Waals surface area contributed by atoms with Gasteiger partial charge in [0, 0.05) is 61.5 Å². The van der Waals surface area contributed by atoms with Crippen molar-refractivity contribution in [2.75, 3.05) is 14.7 Å². The SMILES string of the molecule is c1ccc(N2c3cccc4c3B3c5c2cccc5N2c5ccc6oc7cc8ccccc8cc7c6c5-c5cccc6cc(c3c2c56)N4c2ccccc2)cc1. The number of furan rings is 1. The fraction of sp³-hybridized carbons (Fsp3) is 0. The molecule has 0 amide bonds. The maximum absolute atomic E-state index is 6.71. The molecule has 0 bridgehead atoms. The molecule has 0 saturated carbocycles. The van der Waals surface area contributed by atoms with Crippen LogP contribution in [0.5, 0.6) is 0 Å². The minimum absolute atomic E-state index is 0.0578. The Kier molecular flexibility index (Phi) is 5.06. The summed E-state index contributed by atoms with van der Waals surface area (Å²) >= 11 is 0. The van der Waals surface area contributed by atoms with Crippen LogP contribution in [0.2, 0.25) is 0 Å². The average molecular weight is 698 g/mol. The van der Waals surface area contributed by atoms with Gasteiger partial charge in [-0.15, -0.1) is 0 Å². The first-order valence-electron chi connectivity index (χ1n) is 19.1. The van der Waals surface area contributed by atoms with Gasteiger partial charge >= 0.3 is 0 Å². The molecule has 0 atom stereocenters. The summed E-state index contributed by atoms with van der Waals surface area (Å²) in [4.78, 5) is 7.60. The predicted octanol–water partition coefficient (Wildman–Crippen LogP) is 11.7. The van der Waals surface area contributed by atoms with Crippen molar-refractivity contribution in [1.82, 2.24) is 0 Å². The zero-order valence-corrected chi connectivity index (χ0v) is 29.5. The van der Waals surface area contributed by atoms with Crippen LogP contribution in [0.4, 0.5) is 51.2 Å².